The molecule has 0 spiro atoms. The van der Waals surface area contributed by atoms with Crippen LogP contribution in [0, 0.1) is 12.7 Å². The van der Waals surface area contributed by atoms with Crippen LogP contribution in [0.1, 0.15) is 24.7 Å². The van der Waals surface area contributed by atoms with E-state index < -0.39 is 0 Å². The molecule has 0 aliphatic heterocycles. The number of hydrogen-bond donors (Lipinski definition) is 1. The van der Waals surface area contributed by atoms with Gasteiger partial charge in [0.05, 0.1) is 5.75 Å². The van der Waals surface area contributed by atoms with E-state index in [4.69, 9.17) is 0 Å². The first kappa shape index (κ1) is 14.1. The molecule has 0 saturated heterocycles. The van der Waals surface area contributed by atoms with Crippen molar-refractivity contribution in [3.63, 3.8) is 0 Å². The Balaban J connectivity index is 1.59. The van der Waals surface area contributed by atoms with E-state index in [-0.39, 0.29) is 17.5 Å². The molecule has 1 aliphatic rings. The smallest absolute Gasteiger partial charge is 0.234 e. The van der Waals surface area contributed by atoms with E-state index in [0.29, 0.717) is 11.7 Å². The Kier molecular flexibility index (Phi) is 3.92. The van der Waals surface area contributed by atoms with Crippen LogP contribution in [0.2, 0.25) is 0 Å². The number of carbonyl (C=O) groups excluding carboxylic acids is 1. The summed E-state index contributed by atoms with van der Waals surface area (Å²) in [5, 5.41) is 11.6. The number of aryl methyl sites for hydroxylation is 1. The number of rotatable bonds is 5. The minimum Gasteiger partial charge on any atom is -0.325 e. The molecule has 21 heavy (non-hydrogen) atoms. The van der Waals surface area contributed by atoms with Gasteiger partial charge in [-0.25, -0.2) is 4.39 Å². The summed E-state index contributed by atoms with van der Waals surface area (Å²) in [5.74, 6) is 0.546. The van der Waals surface area contributed by atoms with Crippen LogP contribution in [-0.2, 0) is 4.79 Å². The molecule has 0 atom stereocenters. The number of anilines is 1. The topological polar surface area (TPSA) is 59.8 Å². The van der Waals surface area contributed by atoms with Crippen molar-refractivity contribution in [2.24, 2.45) is 0 Å². The highest BCUT2D eigenvalue weighted by atomic mass is 32.2. The number of thioether (sulfide) groups is 1. The Morgan fingerprint density at radius 2 is 2.29 bits per heavy atom. The maximum Gasteiger partial charge on any atom is 0.234 e. The fourth-order valence-corrected chi connectivity index (χ4v) is 2.95. The Bertz CT molecular complexity index is 669. The molecule has 1 saturated carbocycles. The maximum atomic E-state index is 13.0. The normalized spacial score (nSPS) is 14.2. The van der Waals surface area contributed by atoms with Crippen LogP contribution in [0.15, 0.2) is 29.4 Å². The molecular weight excluding hydrogens is 291 g/mol. The van der Waals surface area contributed by atoms with Crippen molar-refractivity contribution in [1.82, 2.24) is 14.8 Å². The summed E-state index contributed by atoms with van der Waals surface area (Å²) in [4.78, 5) is 11.9. The van der Waals surface area contributed by atoms with Gasteiger partial charge in [0.25, 0.3) is 0 Å². The van der Waals surface area contributed by atoms with E-state index in [2.05, 4.69) is 20.1 Å². The van der Waals surface area contributed by atoms with Gasteiger partial charge < -0.3 is 9.88 Å². The van der Waals surface area contributed by atoms with Gasteiger partial charge >= 0.3 is 0 Å². The number of halogens is 1. The highest BCUT2D eigenvalue weighted by Gasteiger charge is 2.28. The van der Waals surface area contributed by atoms with E-state index in [9.17, 15) is 9.18 Å². The SMILES string of the molecule is Cc1nnc(SCC(=O)Nc2cccc(F)c2)n1C1CC1. The second kappa shape index (κ2) is 5.85. The molecule has 3 rings (SSSR count). The lowest BCUT2D eigenvalue weighted by Crippen LogP contribution is -2.14. The van der Waals surface area contributed by atoms with E-state index >= 15 is 0 Å². The molecule has 5 nitrogen and oxygen atoms in total. The summed E-state index contributed by atoms with van der Waals surface area (Å²) in [6.07, 6.45) is 2.28. The monoisotopic (exact) mass is 306 g/mol. The highest BCUT2D eigenvalue weighted by molar-refractivity contribution is 7.99. The van der Waals surface area contributed by atoms with Crippen LogP contribution in [-0.4, -0.2) is 26.4 Å². The van der Waals surface area contributed by atoms with Crippen molar-refractivity contribution in [3.05, 3.63) is 35.9 Å². The van der Waals surface area contributed by atoms with E-state index in [1.807, 2.05) is 6.92 Å². The molecule has 1 aromatic carbocycles. The van der Waals surface area contributed by atoms with E-state index in [1.165, 1.54) is 23.9 Å². The number of benzene rings is 1. The quantitative estimate of drug-likeness (QED) is 0.863. The lowest BCUT2D eigenvalue weighted by Gasteiger charge is -2.07. The summed E-state index contributed by atoms with van der Waals surface area (Å²) < 4.78 is 15.1. The van der Waals surface area contributed by atoms with Crippen LogP contribution in [0.4, 0.5) is 10.1 Å². The van der Waals surface area contributed by atoms with Crippen LogP contribution in [0.3, 0.4) is 0 Å². The zero-order chi connectivity index (χ0) is 14.8. The third-order valence-electron chi connectivity index (χ3n) is 3.19. The van der Waals surface area contributed by atoms with Crippen molar-refractivity contribution in [1.29, 1.82) is 0 Å². The van der Waals surface area contributed by atoms with Crippen LogP contribution < -0.4 is 5.32 Å². The van der Waals surface area contributed by atoms with Crippen molar-refractivity contribution in [3.8, 4) is 0 Å². The Morgan fingerprint density at radius 1 is 1.48 bits per heavy atom. The van der Waals surface area contributed by atoms with Gasteiger partial charge in [0.1, 0.15) is 11.6 Å². The predicted octanol–water partition coefficient (Wildman–Crippen LogP) is 2.79. The zero-order valence-corrected chi connectivity index (χ0v) is 12.4. The Hall–Kier alpha value is -1.89. The first-order valence-corrected chi connectivity index (χ1v) is 7.72. The second-order valence-electron chi connectivity index (χ2n) is 4.98. The number of carbonyl (C=O) groups is 1. The maximum absolute atomic E-state index is 13.0. The molecule has 1 N–H and O–H groups in total. The average Bonchev–Trinajstić information content (AvgIpc) is 3.20. The molecule has 2 aromatic rings. The fourth-order valence-electron chi connectivity index (χ4n) is 2.09. The summed E-state index contributed by atoms with van der Waals surface area (Å²) >= 11 is 1.35. The highest BCUT2D eigenvalue weighted by Crippen LogP contribution is 2.38. The minimum atomic E-state index is -0.371. The standard InChI is InChI=1S/C14H15FN4OS/c1-9-17-18-14(19(9)12-5-6-12)21-8-13(20)16-11-4-2-3-10(15)7-11/h2-4,7,12H,5-6,8H2,1H3,(H,16,20). The number of nitrogens with one attached hydrogen (secondary N) is 1. The van der Waals surface area contributed by atoms with Gasteiger partial charge in [0, 0.05) is 11.7 Å². The predicted molar refractivity (Wildman–Crippen MR) is 78.8 cm³/mol. The second-order valence-corrected chi connectivity index (χ2v) is 5.92. The number of amides is 1. The molecule has 0 unspecified atom stereocenters. The third-order valence-corrected chi connectivity index (χ3v) is 4.13. The lowest BCUT2D eigenvalue weighted by atomic mass is 10.3. The molecule has 0 radical (unpaired) electrons. The van der Waals surface area contributed by atoms with Gasteiger partial charge in [0.15, 0.2) is 5.16 Å². The molecule has 1 aromatic heterocycles. The van der Waals surface area contributed by atoms with Gasteiger partial charge in [-0.3, -0.25) is 4.79 Å². The molecule has 1 aliphatic carbocycles. The number of hydrogen-bond acceptors (Lipinski definition) is 4. The van der Waals surface area contributed by atoms with Crippen LogP contribution in [0.5, 0.6) is 0 Å². The molecule has 1 heterocycles. The van der Waals surface area contributed by atoms with E-state index in [0.717, 1.165) is 23.8 Å². The third kappa shape index (κ3) is 3.41. The minimum absolute atomic E-state index is 0.186. The van der Waals surface area contributed by atoms with Crippen LogP contribution in [0.25, 0.3) is 0 Å². The van der Waals surface area contributed by atoms with Crippen molar-refractivity contribution in [2.45, 2.75) is 31.0 Å². The Labute approximate surface area is 125 Å². The molecular formula is C14H15FN4OS. The van der Waals surface area contributed by atoms with Gasteiger partial charge in [0.2, 0.25) is 5.91 Å². The molecule has 110 valence electrons. The summed E-state index contributed by atoms with van der Waals surface area (Å²) in [7, 11) is 0. The van der Waals surface area contributed by atoms with Crippen molar-refractivity contribution in [2.75, 3.05) is 11.1 Å². The summed E-state index contributed by atoms with van der Waals surface area (Å²) in [6, 6.07) is 6.33. The zero-order valence-electron chi connectivity index (χ0n) is 11.5. The first-order valence-electron chi connectivity index (χ1n) is 6.73. The molecule has 0 bridgehead atoms. The van der Waals surface area contributed by atoms with Gasteiger partial charge in [-0.15, -0.1) is 10.2 Å². The lowest BCUT2D eigenvalue weighted by molar-refractivity contribution is -0.113. The van der Waals surface area contributed by atoms with Crippen molar-refractivity contribution < 1.29 is 9.18 Å². The molecule has 1 fully saturated rings. The van der Waals surface area contributed by atoms with Gasteiger partial charge in [-0.2, -0.15) is 0 Å². The largest absolute Gasteiger partial charge is 0.325 e. The molecule has 1 amide bonds. The van der Waals surface area contributed by atoms with E-state index in [1.54, 1.807) is 12.1 Å². The first-order chi connectivity index (χ1) is 10.1. The van der Waals surface area contributed by atoms with Crippen molar-refractivity contribution >= 4 is 23.4 Å². The van der Waals surface area contributed by atoms with Gasteiger partial charge in [-0.1, -0.05) is 17.8 Å². The number of nitrogens with zero attached hydrogens (tertiary/aromatic N) is 3. The fraction of sp³-hybridized carbons (Fsp3) is 0.357. The average molecular weight is 306 g/mol. The molecule has 7 heteroatoms. The summed E-state index contributed by atoms with van der Waals surface area (Å²) in [5.41, 5.74) is 0.459. The Morgan fingerprint density at radius 3 is 3.00 bits per heavy atom. The number of aromatic nitrogens is 3. The summed E-state index contributed by atoms with van der Waals surface area (Å²) in [6.45, 7) is 1.92. The van der Waals surface area contributed by atoms with Gasteiger partial charge in [-0.05, 0) is 38.0 Å². The van der Waals surface area contributed by atoms with Crippen LogP contribution >= 0.6 is 11.8 Å².